The predicted molar refractivity (Wildman–Crippen MR) is 144 cm³/mol. The number of rotatable bonds is 8. The minimum atomic E-state index is -0.558. The smallest absolute Gasteiger partial charge is 0.343 e. The fourth-order valence-electron chi connectivity index (χ4n) is 4.76. The molecule has 0 fully saturated rings. The summed E-state index contributed by atoms with van der Waals surface area (Å²) in [5.74, 6) is 0.473. The number of methoxy groups -OCH3 is 4. The number of fused-ring (bicyclic) bond motifs is 3. The fourth-order valence-corrected chi connectivity index (χ4v) is 4.76. The molecule has 0 unspecified atom stereocenters. The van der Waals surface area contributed by atoms with Crippen molar-refractivity contribution in [1.82, 2.24) is 0 Å². The first-order valence-electron chi connectivity index (χ1n) is 12.3. The minimum absolute atomic E-state index is 0.00394. The Morgan fingerprint density at radius 1 is 0.875 bits per heavy atom. The van der Waals surface area contributed by atoms with Crippen molar-refractivity contribution in [2.75, 3.05) is 35.0 Å². The van der Waals surface area contributed by atoms with Crippen LogP contribution in [0.25, 0.3) is 22.1 Å². The SMILES string of the molecule is COC(=O)COc1cc([C@@H]2CC(=O)Oc3ccc4c(=O)c(-c5ccc(OC)c(OC)c5)coc4c32)ccc1OC. The van der Waals surface area contributed by atoms with Gasteiger partial charge >= 0.3 is 11.9 Å². The average Bonchev–Trinajstić information content (AvgIpc) is 2.98. The maximum atomic E-state index is 13.7. The van der Waals surface area contributed by atoms with Gasteiger partial charge in [-0.15, -0.1) is 0 Å². The number of carbonyl (C=O) groups excluding carboxylic acids is 2. The Bertz CT molecular complexity index is 1670. The Kier molecular flexibility index (Phi) is 7.33. The summed E-state index contributed by atoms with van der Waals surface area (Å²) >= 11 is 0. The summed E-state index contributed by atoms with van der Waals surface area (Å²) in [5, 5.41) is 0.324. The normalized spacial score (nSPS) is 14.2. The number of carbonyl (C=O) groups is 2. The van der Waals surface area contributed by atoms with Gasteiger partial charge in [0.15, 0.2) is 29.6 Å². The highest BCUT2D eigenvalue weighted by atomic mass is 16.6. The van der Waals surface area contributed by atoms with Crippen LogP contribution in [0.5, 0.6) is 28.7 Å². The standard InChI is InChI=1S/C30H26O10/c1-34-21-8-6-17(11-24(21)36-3)20-14-39-30-18(29(20)33)7-10-23-28(30)19(13-26(31)40-23)16-5-9-22(35-2)25(12-16)38-15-27(32)37-4/h5-12,14,19H,13,15H2,1-4H3/t19-/m0/s1. The van der Waals surface area contributed by atoms with Crippen LogP contribution in [0, 0.1) is 0 Å². The summed E-state index contributed by atoms with van der Waals surface area (Å²) in [6.07, 6.45) is 1.38. The summed E-state index contributed by atoms with van der Waals surface area (Å²) in [6.45, 7) is -0.323. The van der Waals surface area contributed by atoms with Gasteiger partial charge in [-0.25, -0.2) is 4.79 Å². The van der Waals surface area contributed by atoms with Crippen LogP contribution in [0.15, 0.2) is 64.0 Å². The first kappa shape index (κ1) is 26.6. The van der Waals surface area contributed by atoms with Crippen molar-refractivity contribution >= 4 is 22.9 Å². The first-order chi connectivity index (χ1) is 19.4. The zero-order chi connectivity index (χ0) is 28.4. The molecule has 2 heterocycles. The van der Waals surface area contributed by atoms with Crippen molar-refractivity contribution in [2.24, 2.45) is 0 Å². The van der Waals surface area contributed by atoms with E-state index in [0.717, 1.165) is 0 Å². The predicted octanol–water partition coefficient (Wildman–Crippen LogP) is 4.48. The molecule has 0 saturated heterocycles. The van der Waals surface area contributed by atoms with Crippen LogP contribution in [-0.2, 0) is 14.3 Å². The zero-order valence-corrected chi connectivity index (χ0v) is 22.3. The molecule has 0 saturated carbocycles. The fraction of sp³-hybridized carbons (Fsp3) is 0.233. The number of ether oxygens (including phenoxy) is 6. The Balaban J connectivity index is 1.62. The highest BCUT2D eigenvalue weighted by Gasteiger charge is 2.33. The Hall–Kier alpha value is -4.99. The van der Waals surface area contributed by atoms with Crippen molar-refractivity contribution in [3.8, 4) is 39.9 Å². The highest BCUT2D eigenvalue weighted by Crippen LogP contribution is 2.44. The lowest BCUT2D eigenvalue weighted by Gasteiger charge is -2.26. The Labute approximate surface area is 228 Å². The molecule has 0 radical (unpaired) electrons. The van der Waals surface area contributed by atoms with E-state index in [-0.39, 0.29) is 18.5 Å². The molecule has 5 rings (SSSR count). The van der Waals surface area contributed by atoms with Gasteiger partial charge in [-0.05, 0) is 47.5 Å². The largest absolute Gasteiger partial charge is 0.493 e. The molecular formula is C30H26O10. The van der Waals surface area contributed by atoms with Crippen LogP contribution in [-0.4, -0.2) is 47.0 Å². The summed E-state index contributed by atoms with van der Waals surface area (Å²) in [7, 11) is 5.79. The van der Waals surface area contributed by atoms with E-state index >= 15 is 0 Å². The van der Waals surface area contributed by atoms with E-state index in [9.17, 15) is 14.4 Å². The third-order valence-corrected chi connectivity index (χ3v) is 6.74. The van der Waals surface area contributed by atoms with Crippen molar-refractivity contribution in [3.05, 3.63) is 76.1 Å². The molecular weight excluding hydrogens is 520 g/mol. The second kappa shape index (κ2) is 11.0. The molecule has 3 aromatic carbocycles. The molecule has 10 heteroatoms. The monoisotopic (exact) mass is 546 g/mol. The van der Waals surface area contributed by atoms with Crippen molar-refractivity contribution in [1.29, 1.82) is 0 Å². The molecule has 10 nitrogen and oxygen atoms in total. The van der Waals surface area contributed by atoms with E-state index < -0.39 is 17.9 Å². The zero-order valence-electron chi connectivity index (χ0n) is 22.3. The molecule has 1 atom stereocenters. The lowest BCUT2D eigenvalue weighted by molar-refractivity contribution is -0.143. The van der Waals surface area contributed by atoms with Gasteiger partial charge in [0, 0.05) is 11.5 Å². The molecule has 206 valence electrons. The number of esters is 2. The molecule has 1 aliphatic rings. The Morgan fingerprint density at radius 2 is 1.60 bits per heavy atom. The summed E-state index contributed by atoms with van der Waals surface area (Å²) < 4.78 is 37.9. The van der Waals surface area contributed by atoms with E-state index in [1.54, 1.807) is 48.5 Å². The quantitative estimate of drug-likeness (QED) is 0.231. The molecule has 1 aliphatic heterocycles. The Morgan fingerprint density at radius 3 is 2.33 bits per heavy atom. The van der Waals surface area contributed by atoms with E-state index in [2.05, 4.69) is 4.74 Å². The van der Waals surface area contributed by atoms with Gasteiger partial charge in [-0.1, -0.05) is 12.1 Å². The maximum absolute atomic E-state index is 13.7. The van der Waals surface area contributed by atoms with Crippen LogP contribution >= 0.6 is 0 Å². The number of benzene rings is 3. The summed E-state index contributed by atoms with van der Waals surface area (Å²) in [6, 6.07) is 13.5. The van der Waals surface area contributed by atoms with Gasteiger partial charge in [0.05, 0.1) is 45.8 Å². The summed E-state index contributed by atoms with van der Waals surface area (Å²) in [5.41, 5.74) is 2.20. The maximum Gasteiger partial charge on any atom is 0.343 e. The lowest BCUT2D eigenvalue weighted by Crippen LogP contribution is -2.22. The highest BCUT2D eigenvalue weighted by molar-refractivity contribution is 5.90. The van der Waals surface area contributed by atoms with Crippen LogP contribution in [0.1, 0.15) is 23.5 Å². The van der Waals surface area contributed by atoms with Crippen molar-refractivity contribution < 1.29 is 42.4 Å². The van der Waals surface area contributed by atoms with Gasteiger partial charge in [0.2, 0.25) is 5.43 Å². The molecule has 0 aliphatic carbocycles. The van der Waals surface area contributed by atoms with E-state index in [0.29, 0.717) is 62.0 Å². The van der Waals surface area contributed by atoms with Gasteiger partial charge in [0.1, 0.15) is 17.6 Å². The first-order valence-corrected chi connectivity index (χ1v) is 12.3. The van der Waals surface area contributed by atoms with Gasteiger partial charge in [0.25, 0.3) is 0 Å². The van der Waals surface area contributed by atoms with Crippen molar-refractivity contribution in [3.63, 3.8) is 0 Å². The van der Waals surface area contributed by atoms with Crippen LogP contribution in [0.2, 0.25) is 0 Å². The van der Waals surface area contributed by atoms with E-state index in [4.69, 9.17) is 28.1 Å². The molecule has 0 amide bonds. The summed E-state index contributed by atoms with van der Waals surface area (Å²) in [4.78, 5) is 37.9. The molecule has 0 bridgehead atoms. The van der Waals surface area contributed by atoms with Crippen LogP contribution < -0.4 is 29.1 Å². The van der Waals surface area contributed by atoms with E-state index in [1.165, 1.54) is 34.7 Å². The second-order valence-corrected chi connectivity index (χ2v) is 8.91. The topological polar surface area (TPSA) is 120 Å². The van der Waals surface area contributed by atoms with Crippen LogP contribution in [0.4, 0.5) is 0 Å². The van der Waals surface area contributed by atoms with Gasteiger partial charge in [-0.3, -0.25) is 9.59 Å². The lowest BCUT2D eigenvalue weighted by atomic mass is 9.85. The van der Waals surface area contributed by atoms with Gasteiger partial charge in [-0.2, -0.15) is 0 Å². The number of hydrogen-bond acceptors (Lipinski definition) is 10. The molecule has 0 N–H and O–H groups in total. The third kappa shape index (κ3) is 4.79. The second-order valence-electron chi connectivity index (χ2n) is 8.91. The third-order valence-electron chi connectivity index (χ3n) is 6.74. The molecule has 4 aromatic rings. The van der Waals surface area contributed by atoms with E-state index in [1.807, 2.05) is 0 Å². The minimum Gasteiger partial charge on any atom is -0.493 e. The molecule has 0 spiro atoms. The van der Waals surface area contributed by atoms with Crippen LogP contribution in [0.3, 0.4) is 0 Å². The molecule has 40 heavy (non-hydrogen) atoms. The number of hydrogen-bond donors (Lipinski definition) is 0. The van der Waals surface area contributed by atoms with Crippen molar-refractivity contribution in [2.45, 2.75) is 12.3 Å². The van der Waals surface area contributed by atoms with Gasteiger partial charge < -0.3 is 32.8 Å². The molecule has 1 aromatic heterocycles. The average molecular weight is 547 g/mol.